The molecular formula is C20H21ClN6O2. The van der Waals surface area contributed by atoms with E-state index in [0.29, 0.717) is 23.8 Å². The number of aromatic nitrogens is 4. The lowest BCUT2D eigenvalue weighted by Crippen LogP contribution is -2.19. The number of benzene rings is 1. The highest BCUT2D eigenvalue weighted by molar-refractivity contribution is 6.28. The number of carbonyl (C=O) groups is 1. The van der Waals surface area contributed by atoms with Crippen molar-refractivity contribution in [2.45, 2.75) is 32.4 Å². The van der Waals surface area contributed by atoms with Gasteiger partial charge in [-0.05, 0) is 62.1 Å². The summed E-state index contributed by atoms with van der Waals surface area (Å²) in [6, 6.07) is 7.29. The van der Waals surface area contributed by atoms with Crippen LogP contribution in [0.2, 0.25) is 5.28 Å². The Morgan fingerprint density at radius 3 is 2.93 bits per heavy atom. The van der Waals surface area contributed by atoms with E-state index in [-0.39, 0.29) is 17.4 Å². The number of nitrogens with one attached hydrogen (secondary N) is 2. The number of hydrogen-bond donors (Lipinski definition) is 2. The summed E-state index contributed by atoms with van der Waals surface area (Å²) in [6.45, 7) is 6.08. The molecule has 2 aromatic heterocycles. The molecular weight excluding hydrogens is 392 g/mol. The van der Waals surface area contributed by atoms with Crippen LogP contribution in [-0.2, 0) is 9.53 Å². The first-order valence-electron chi connectivity index (χ1n) is 9.39. The quantitative estimate of drug-likeness (QED) is 0.477. The molecule has 3 aromatic rings. The summed E-state index contributed by atoms with van der Waals surface area (Å²) in [5, 5.41) is 11.6. The molecule has 1 aliphatic rings. The minimum atomic E-state index is -0.278. The third kappa shape index (κ3) is 4.08. The Hall–Kier alpha value is -2.97. The van der Waals surface area contributed by atoms with Gasteiger partial charge in [-0.3, -0.25) is 4.79 Å². The SMILES string of the molecule is C=CC(=O)Nc1cccc(Nc2nc(Cl)nc3c2c(C)nn3C2CCCCO2)c1. The van der Waals surface area contributed by atoms with E-state index < -0.39 is 0 Å². The van der Waals surface area contributed by atoms with Gasteiger partial charge in [0.05, 0.1) is 11.1 Å². The standard InChI is InChI=1S/C20H21ClN6O2/c1-3-15(28)22-13-7-6-8-14(11-13)23-18-17-12(2)26-27(16-9-4-5-10-29-16)19(17)25-20(21)24-18/h3,6-8,11,16H,1,4-5,9-10H2,2H3,(H,22,28)(H,23,24,25). The first-order valence-corrected chi connectivity index (χ1v) is 9.77. The van der Waals surface area contributed by atoms with Crippen LogP contribution in [0.25, 0.3) is 11.0 Å². The predicted octanol–water partition coefficient (Wildman–Crippen LogP) is 4.36. The molecule has 1 aromatic carbocycles. The molecule has 1 saturated heterocycles. The number of halogens is 1. The van der Waals surface area contributed by atoms with E-state index in [9.17, 15) is 4.79 Å². The fraction of sp³-hybridized carbons (Fsp3) is 0.300. The highest BCUT2D eigenvalue weighted by Crippen LogP contribution is 2.32. The minimum absolute atomic E-state index is 0.119. The summed E-state index contributed by atoms with van der Waals surface area (Å²) >= 11 is 6.22. The molecule has 3 heterocycles. The van der Waals surface area contributed by atoms with Crippen LogP contribution >= 0.6 is 11.6 Å². The van der Waals surface area contributed by atoms with Gasteiger partial charge in [0.2, 0.25) is 11.2 Å². The number of fused-ring (bicyclic) bond motifs is 1. The van der Waals surface area contributed by atoms with Crippen molar-refractivity contribution in [3.05, 3.63) is 47.9 Å². The molecule has 9 heteroatoms. The van der Waals surface area contributed by atoms with E-state index in [4.69, 9.17) is 16.3 Å². The van der Waals surface area contributed by atoms with Crippen molar-refractivity contribution in [2.24, 2.45) is 0 Å². The third-order valence-corrected chi connectivity index (χ3v) is 4.87. The molecule has 1 unspecified atom stereocenters. The van der Waals surface area contributed by atoms with E-state index in [1.165, 1.54) is 6.08 Å². The maximum absolute atomic E-state index is 11.6. The lowest BCUT2D eigenvalue weighted by atomic mass is 10.2. The average Bonchev–Trinajstić information content (AvgIpc) is 3.05. The van der Waals surface area contributed by atoms with Crippen molar-refractivity contribution in [3.63, 3.8) is 0 Å². The summed E-state index contributed by atoms with van der Waals surface area (Å²) in [6.07, 6.45) is 4.08. The molecule has 0 aliphatic carbocycles. The lowest BCUT2D eigenvalue weighted by molar-refractivity contribution is -0.111. The average molecular weight is 413 g/mol. The van der Waals surface area contributed by atoms with E-state index in [2.05, 4.69) is 32.3 Å². The van der Waals surface area contributed by atoms with Crippen LogP contribution in [0.1, 0.15) is 31.2 Å². The summed E-state index contributed by atoms with van der Waals surface area (Å²) in [4.78, 5) is 20.3. The van der Waals surface area contributed by atoms with Crippen molar-refractivity contribution in [1.29, 1.82) is 0 Å². The number of anilines is 3. The number of rotatable bonds is 5. The molecule has 0 spiro atoms. The molecule has 1 fully saturated rings. The Labute approximate surface area is 172 Å². The number of aryl methyl sites for hydroxylation is 1. The summed E-state index contributed by atoms with van der Waals surface area (Å²) in [7, 11) is 0. The maximum atomic E-state index is 11.6. The minimum Gasteiger partial charge on any atom is -0.356 e. The summed E-state index contributed by atoms with van der Waals surface area (Å²) in [5.41, 5.74) is 2.79. The van der Waals surface area contributed by atoms with E-state index in [0.717, 1.165) is 36.0 Å². The van der Waals surface area contributed by atoms with Crippen molar-refractivity contribution in [1.82, 2.24) is 19.7 Å². The topological polar surface area (TPSA) is 94.0 Å². The molecule has 4 rings (SSSR count). The Bertz CT molecular complexity index is 1070. The Morgan fingerprint density at radius 1 is 1.34 bits per heavy atom. The largest absolute Gasteiger partial charge is 0.356 e. The third-order valence-electron chi connectivity index (χ3n) is 4.71. The van der Waals surface area contributed by atoms with Gasteiger partial charge in [-0.2, -0.15) is 15.1 Å². The highest BCUT2D eigenvalue weighted by atomic mass is 35.5. The number of nitrogens with zero attached hydrogens (tertiary/aromatic N) is 4. The number of carbonyl (C=O) groups excluding carboxylic acids is 1. The molecule has 8 nitrogen and oxygen atoms in total. The van der Waals surface area contributed by atoms with E-state index >= 15 is 0 Å². The Morgan fingerprint density at radius 2 is 2.17 bits per heavy atom. The zero-order valence-electron chi connectivity index (χ0n) is 16.0. The molecule has 2 N–H and O–H groups in total. The number of ether oxygens (including phenoxy) is 1. The lowest BCUT2D eigenvalue weighted by Gasteiger charge is -2.23. The van der Waals surface area contributed by atoms with Gasteiger partial charge in [0.25, 0.3) is 0 Å². The van der Waals surface area contributed by atoms with Gasteiger partial charge >= 0.3 is 0 Å². The second-order valence-corrected chi connectivity index (χ2v) is 7.13. The fourth-order valence-electron chi connectivity index (χ4n) is 3.39. The Balaban J connectivity index is 1.71. The molecule has 1 amide bonds. The number of hydrogen-bond acceptors (Lipinski definition) is 6. The molecule has 29 heavy (non-hydrogen) atoms. The number of amides is 1. The monoisotopic (exact) mass is 412 g/mol. The predicted molar refractivity (Wildman–Crippen MR) is 112 cm³/mol. The van der Waals surface area contributed by atoms with Crippen molar-refractivity contribution < 1.29 is 9.53 Å². The van der Waals surface area contributed by atoms with Crippen LogP contribution < -0.4 is 10.6 Å². The van der Waals surface area contributed by atoms with Gasteiger partial charge in [0.15, 0.2) is 11.9 Å². The van der Waals surface area contributed by atoms with Gasteiger partial charge in [-0.25, -0.2) is 4.68 Å². The van der Waals surface area contributed by atoms with Gasteiger partial charge in [0, 0.05) is 18.0 Å². The second kappa shape index (κ2) is 8.18. The molecule has 150 valence electrons. The molecule has 1 aliphatic heterocycles. The van der Waals surface area contributed by atoms with Gasteiger partial charge in [-0.1, -0.05) is 12.6 Å². The van der Waals surface area contributed by atoms with Crippen LogP contribution in [0.4, 0.5) is 17.2 Å². The van der Waals surface area contributed by atoms with Crippen molar-refractivity contribution in [3.8, 4) is 0 Å². The van der Waals surface area contributed by atoms with E-state index in [1.54, 1.807) is 16.8 Å². The van der Waals surface area contributed by atoms with E-state index in [1.807, 2.05) is 19.1 Å². The normalized spacial score (nSPS) is 16.6. The molecule has 0 radical (unpaired) electrons. The van der Waals surface area contributed by atoms with Gasteiger partial charge in [0.1, 0.15) is 5.82 Å². The smallest absolute Gasteiger partial charge is 0.247 e. The van der Waals surface area contributed by atoms with Gasteiger partial charge in [-0.15, -0.1) is 0 Å². The van der Waals surface area contributed by atoms with Crippen LogP contribution in [0, 0.1) is 6.92 Å². The zero-order chi connectivity index (χ0) is 20.4. The fourth-order valence-corrected chi connectivity index (χ4v) is 3.56. The first kappa shape index (κ1) is 19.4. The molecule has 0 bridgehead atoms. The Kier molecular flexibility index (Phi) is 5.46. The molecule has 0 saturated carbocycles. The van der Waals surface area contributed by atoms with Crippen molar-refractivity contribution >= 4 is 45.7 Å². The van der Waals surface area contributed by atoms with Crippen LogP contribution in [-0.4, -0.2) is 32.3 Å². The highest BCUT2D eigenvalue weighted by Gasteiger charge is 2.23. The van der Waals surface area contributed by atoms with Crippen LogP contribution in [0.5, 0.6) is 0 Å². The van der Waals surface area contributed by atoms with Crippen molar-refractivity contribution in [2.75, 3.05) is 17.2 Å². The van der Waals surface area contributed by atoms with Gasteiger partial charge < -0.3 is 15.4 Å². The van der Waals surface area contributed by atoms with Crippen LogP contribution in [0.3, 0.4) is 0 Å². The zero-order valence-corrected chi connectivity index (χ0v) is 16.7. The summed E-state index contributed by atoms with van der Waals surface area (Å²) < 4.78 is 7.67. The summed E-state index contributed by atoms with van der Waals surface area (Å²) in [5.74, 6) is 0.269. The second-order valence-electron chi connectivity index (χ2n) is 6.79. The van der Waals surface area contributed by atoms with Crippen LogP contribution in [0.15, 0.2) is 36.9 Å². The maximum Gasteiger partial charge on any atom is 0.247 e. The first-order chi connectivity index (χ1) is 14.0. The molecule has 1 atom stereocenters.